The van der Waals surface area contributed by atoms with Crippen molar-refractivity contribution in [3.8, 4) is 0 Å². The molecule has 4 nitrogen and oxygen atoms in total. The Morgan fingerprint density at radius 3 is 2.57 bits per heavy atom. The zero-order valence-corrected chi connectivity index (χ0v) is 14.0. The maximum atomic E-state index is 12.6. The molecule has 21 heavy (non-hydrogen) atoms. The molecular formula is C16H26N2O2S. The lowest BCUT2D eigenvalue weighted by Crippen LogP contribution is -2.41. The van der Waals surface area contributed by atoms with Gasteiger partial charge in [-0.3, -0.25) is 0 Å². The van der Waals surface area contributed by atoms with Crippen molar-refractivity contribution in [2.75, 3.05) is 0 Å². The maximum absolute atomic E-state index is 12.6. The molecule has 2 rings (SSSR count). The molecule has 0 heterocycles. The summed E-state index contributed by atoms with van der Waals surface area (Å²) in [6, 6.07) is 5.27. The fraction of sp³-hybridized carbons (Fsp3) is 0.625. The van der Waals surface area contributed by atoms with Crippen molar-refractivity contribution >= 4 is 10.0 Å². The first-order valence-electron chi connectivity index (χ1n) is 7.64. The number of hydrogen-bond donors (Lipinski definition) is 2. The van der Waals surface area contributed by atoms with Crippen molar-refractivity contribution in [3.63, 3.8) is 0 Å². The van der Waals surface area contributed by atoms with E-state index in [0.717, 1.165) is 36.8 Å². The summed E-state index contributed by atoms with van der Waals surface area (Å²) in [6.07, 6.45) is 3.89. The van der Waals surface area contributed by atoms with Crippen LogP contribution >= 0.6 is 0 Å². The molecule has 0 radical (unpaired) electrons. The second kappa shape index (κ2) is 6.07. The molecule has 1 atom stereocenters. The Morgan fingerprint density at radius 2 is 2.05 bits per heavy atom. The van der Waals surface area contributed by atoms with Crippen molar-refractivity contribution in [2.45, 2.75) is 63.9 Å². The Balaban J connectivity index is 2.27. The maximum Gasteiger partial charge on any atom is 0.240 e. The Hall–Kier alpha value is -0.910. The molecule has 0 aromatic heterocycles. The standard InChI is InChI=1S/C16H26N2O2S/c1-4-12-7-8-14(10-13(12)11-17)21(19,20)18-15-6-5-9-16(15,2)3/h7-8,10,15,18H,4-6,9,11,17H2,1-3H3. The first-order chi connectivity index (χ1) is 9.80. The van der Waals surface area contributed by atoms with Gasteiger partial charge in [0.1, 0.15) is 0 Å². The Labute approximate surface area is 128 Å². The predicted molar refractivity (Wildman–Crippen MR) is 85.5 cm³/mol. The van der Waals surface area contributed by atoms with Gasteiger partial charge in [-0.2, -0.15) is 0 Å². The highest BCUT2D eigenvalue weighted by molar-refractivity contribution is 7.89. The van der Waals surface area contributed by atoms with Gasteiger partial charge in [-0.05, 0) is 47.9 Å². The van der Waals surface area contributed by atoms with Gasteiger partial charge in [0.25, 0.3) is 0 Å². The van der Waals surface area contributed by atoms with Crippen molar-refractivity contribution in [1.29, 1.82) is 0 Å². The van der Waals surface area contributed by atoms with Gasteiger partial charge in [0.05, 0.1) is 4.90 Å². The van der Waals surface area contributed by atoms with E-state index in [0.29, 0.717) is 11.4 Å². The minimum Gasteiger partial charge on any atom is -0.326 e. The summed E-state index contributed by atoms with van der Waals surface area (Å²) in [4.78, 5) is 0.322. The molecule has 0 amide bonds. The smallest absolute Gasteiger partial charge is 0.240 e. The van der Waals surface area contributed by atoms with E-state index in [-0.39, 0.29) is 11.5 Å². The molecular weight excluding hydrogens is 284 g/mol. The van der Waals surface area contributed by atoms with Crippen molar-refractivity contribution < 1.29 is 8.42 Å². The fourth-order valence-corrected chi connectivity index (χ4v) is 4.60. The van der Waals surface area contributed by atoms with Gasteiger partial charge in [0, 0.05) is 12.6 Å². The zero-order chi connectivity index (χ0) is 15.7. The molecule has 0 aliphatic heterocycles. The van der Waals surface area contributed by atoms with Crippen LogP contribution in [-0.4, -0.2) is 14.5 Å². The minimum absolute atomic E-state index is 0.00896. The normalized spacial score (nSPS) is 21.6. The van der Waals surface area contributed by atoms with Gasteiger partial charge in [-0.1, -0.05) is 33.3 Å². The van der Waals surface area contributed by atoms with E-state index in [1.165, 1.54) is 0 Å². The second-order valence-corrected chi connectivity index (χ2v) is 8.26. The molecule has 1 aliphatic rings. The van der Waals surface area contributed by atoms with Crippen LogP contribution in [0.5, 0.6) is 0 Å². The van der Waals surface area contributed by atoms with Crippen LogP contribution in [-0.2, 0) is 23.0 Å². The third-order valence-electron chi connectivity index (χ3n) is 4.64. The van der Waals surface area contributed by atoms with Crippen LogP contribution in [0.15, 0.2) is 23.1 Å². The molecule has 0 spiro atoms. The van der Waals surface area contributed by atoms with Crippen LogP contribution in [0, 0.1) is 5.41 Å². The Kier molecular flexibility index (Phi) is 4.76. The molecule has 118 valence electrons. The van der Waals surface area contributed by atoms with E-state index in [9.17, 15) is 8.42 Å². The highest BCUT2D eigenvalue weighted by Crippen LogP contribution is 2.38. The van der Waals surface area contributed by atoms with Crippen LogP contribution in [0.3, 0.4) is 0 Å². The lowest BCUT2D eigenvalue weighted by Gasteiger charge is -2.27. The number of aryl methyl sites for hydroxylation is 1. The predicted octanol–water partition coefficient (Wildman–Crippen LogP) is 2.56. The quantitative estimate of drug-likeness (QED) is 0.878. The van der Waals surface area contributed by atoms with Crippen LogP contribution in [0.2, 0.25) is 0 Å². The Bertz CT molecular complexity index is 609. The van der Waals surface area contributed by atoms with Gasteiger partial charge in [0.2, 0.25) is 10.0 Å². The van der Waals surface area contributed by atoms with E-state index in [1.807, 2.05) is 13.0 Å². The van der Waals surface area contributed by atoms with E-state index in [2.05, 4.69) is 18.6 Å². The number of rotatable bonds is 5. The first-order valence-corrected chi connectivity index (χ1v) is 9.12. The van der Waals surface area contributed by atoms with E-state index >= 15 is 0 Å². The number of benzene rings is 1. The molecule has 0 bridgehead atoms. The van der Waals surface area contributed by atoms with Crippen molar-refractivity contribution in [2.24, 2.45) is 11.1 Å². The highest BCUT2D eigenvalue weighted by atomic mass is 32.2. The summed E-state index contributed by atoms with van der Waals surface area (Å²) in [5.74, 6) is 0. The third-order valence-corrected chi connectivity index (χ3v) is 6.11. The van der Waals surface area contributed by atoms with E-state index in [4.69, 9.17) is 5.73 Å². The summed E-state index contributed by atoms with van der Waals surface area (Å²) in [5, 5.41) is 0. The summed E-state index contributed by atoms with van der Waals surface area (Å²) in [7, 11) is -3.48. The lowest BCUT2D eigenvalue weighted by atomic mass is 9.88. The molecule has 5 heteroatoms. The highest BCUT2D eigenvalue weighted by Gasteiger charge is 2.37. The molecule has 1 unspecified atom stereocenters. The molecule has 1 aromatic carbocycles. The summed E-state index contributed by atoms with van der Waals surface area (Å²) >= 11 is 0. The molecule has 1 saturated carbocycles. The average Bonchev–Trinajstić information content (AvgIpc) is 2.76. The van der Waals surface area contributed by atoms with Crippen LogP contribution in [0.4, 0.5) is 0 Å². The van der Waals surface area contributed by atoms with Gasteiger partial charge < -0.3 is 5.73 Å². The number of nitrogens with one attached hydrogen (secondary N) is 1. The molecule has 1 aromatic rings. The summed E-state index contributed by atoms with van der Waals surface area (Å²) < 4.78 is 28.1. The summed E-state index contributed by atoms with van der Waals surface area (Å²) in [5.41, 5.74) is 7.77. The van der Waals surface area contributed by atoms with Crippen molar-refractivity contribution in [1.82, 2.24) is 4.72 Å². The van der Waals surface area contributed by atoms with Crippen LogP contribution < -0.4 is 10.5 Å². The monoisotopic (exact) mass is 310 g/mol. The topological polar surface area (TPSA) is 72.2 Å². The van der Waals surface area contributed by atoms with Crippen molar-refractivity contribution in [3.05, 3.63) is 29.3 Å². The van der Waals surface area contributed by atoms with Gasteiger partial charge in [-0.15, -0.1) is 0 Å². The Morgan fingerprint density at radius 1 is 1.33 bits per heavy atom. The SMILES string of the molecule is CCc1ccc(S(=O)(=O)NC2CCCC2(C)C)cc1CN. The third kappa shape index (κ3) is 3.47. The second-order valence-electron chi connectivity index (χ2n) is 6.54. The molecule has 0 saturated heterocycles. The molecule has 1 aliphatic carbocycles. The number of hydrogen-bond acceptors (Lipinski definition) is 3. The van der Waals surface area contributed by atoms with Crippen LogP contribution in [0.25, 0.3) is 0 Å². The number of sulfonamides is 1. The molecule has 1 fully saturated rings. The van der Waals surface area contributed by atoms with Crippen LogP contribution in [0.1, 0.15) is 51.2 Å². The summed E-state index contributed by atoms with van der Waals surface area (Å²) in [6.45, 7) is 6.65. The molecule has 3 N–H and O–H groups in total. The van der Waals surface area contributed by atoms with E-state index in [1.54, 1.807) is 12.1 Å². The van der Waals surface area contributed by atoms with Gasteiger partial charge in [-0.25, -0.2) is 13.1 Å². The van der Waals surface area contributed by atoms with Gasteiger partial charge in [0.15, 0.2) is 0 Å². The van der Waals surface area contributed by atoms with Gasteiger partial charge >= 0.3 is 0 Å². The number of nitrogens with two attached hydrogens (primary N) is 1. The fourth-order valence-electron chi connectivity index (χ4n) is 3.10. The zero-order valence-electron chi connectivity index (χ0n) is 13.1. The first kappa shape index (κ1) is 16.5. The average molecular weight is 310 g/mol. The van der Waals surface area contributed by atoms with E-state index < -0.39 is 10.0 Å². The largest absolute Gasteiger partial charge is 0.326 e. The lowest BCUT2D eigenvalue weighted by molar-refractivity contribution is 0.313. The minimum atomic E-state index is -3.48.